The van der Waals surface area contributed by atoms with E-state index in [1.165, 1.54) is 23.1 Å². The van der Waals surface area contributed by atoms with Gasteiger partial charge in [-0.05, 0) is 18.2 Å². The van der Waals surface area contributed by atoms with Crippen molar-refractivity contribution >= 4 is 17.7 Å². The molecule has 0 bridgehead atoms. The van der Waals surface area contributed by atoms with E-state index < -0.39 is 5.82 Å². The van der Waals surface area contributed by atoms with Crippen LogP contribution in [0.4, 0.5) is 4.39 Å². The number of carbonyl (C=O) groups is 1. The molecule has 1 aliphatic rings. The van der Waals surface area contributed by atoms with Crippen LogP contribution in [-0.4, -0.2) is 41.9 Å². The monoisotopic (exact) mass is 293 g/mol. The molecule has 6 heteroatoms. The average molecular weight is 293 g/mol. The number of halogens is 1. The van der Waals surface area contributed by atoms with Gasteiger partial charge in [0.25, 0.3) is 0 Å². The highest BCUT2D eigenvalue weighted by Crippen LogP contribution is 2.14. The fourth-order valence-electron chi connectivity index (χ4n) is 2.09. The number of amides is 1. The Kier molecular flexibility index (Phi) is 4.99. The number of nitrogens with one attached hydrogen (secondary N) is 1. The molecule has 2 rings (SSSR count). The molecule has 1 saturated heterocycles. The van der Waals surface area contributed by atoms with Gasteiger partial charge in [-0.3, -0.25) is 4.79 Å². The summed E-state index contributed by atoms with van der Waals surface area (Å²) in [6, 6.07) is 5.95. The Balaban J connectivity index is 2.05. The van der Waals surface area contributed by atoms with Crippen LogP contribution in [0.5, 0.6) is 0 Å². The number of benzene rings is 1. The first-order valence-electron chi connectivity index (χ1n) is 6.36. The molecule has 20 heavy (non-hydrogen) atoms. The summed E-state index contributed by atoms with van der Waals surface area (Å²) in [7, 11) is 1.65. The van der Waals surface area contributed by atoms with Gasteiger partial charge in [-0.15, -0.1) is 0 Å². The zero-order valence-electron chi connectivity index (χ0n) is 11.2. The van der Waals surface area contributed by atoms with Crippen LogP contribution in [0.15, 0.2) is 18.2 Å². The van der Waals surface area contributed by atoms with Crippen molar-refractivity contribution in [1.29, 1.82) is 5.26 Å². The lowest BCUT2D eigenvalue weighted by Crippen LogP contribution is -2.49. The van der Waals surface area contributed by atoms with Gasteiger partial charge in [-0.1, -0.05) is 0 Å². The molecule has 0 spiro atoms. The minimum atomic E-state index is -0.394. The summed E-state index contributed by atoms with van der Waals surface area (Å²) in [5.41, 5.74) is 0.761. The maximum Gasteiger partial charge on any atom is 0.240 e. The number of likely N-dealkylation sites (N-methyl/N-ethyl adjacent to an activating group) is 1. The third-order valence-corrected chi connectivity index (χ3v) is 4.24. The largest absolute Gasteiger partial charge is 0.340 e. The number of rotatable bonds is 3. The summed E-state index contributed by atoms with van der Waals surface area (Å²) >= 11 is 1.74. The van der Waals surface area contributed by atoms with E-state index >= 15 is 0 Å². The van der Waals surface area contributed by atoms with E-state index in [0.29, 0.717) is 11.1 Å². The molecule has 1 N–H and O–H groups in total. The topological polar surface area (TPSA) is 56.1 Å². The smallest absolute Gasteiger partial charge is 0.240 e. The van der Waals surface area contributed by atoms with E-state index in [1.807, 2.05) is 6.07 Å². The van der Waals surface area contributed by atoms with Crippen molar-refractivity contribution in [2.75, 3.05) is 25.1 Å². The van der Waals surface area contributed by atoms with E-state index in [9.17, 15) is 9.18 Å². The van der Waals surface area contributed by atoms with E-state index in [2.05, 4.69) is 5.32 Å². The number of hydrogen-bond donors (Lipinski definition) is 1. The second kappa shape index (κ2) is 6.73. The molecule has 4 nitrogen and oxygen atoms in total. The van der Waals surface area contributed by atoms with Crippen LogP contribution in [-0.2, 0) is 11.3 Å². The predicted octanol–water partition coefficient (Wildman–Crippen LogP) is 1.36. The summed E-state index contributed by atoms with van der Waals surface area (Å²) in [6.07, 6.45) is 0. The lowest BCUT2D eigenvalue weighted by molar-refractivity contribution is -0.132. The zero-order valence-corrected chi connectivity index (χ0v) is 12.0. The fraction of sp³-hybridized carbons (Fsp3) is 0.429. The molecule has 1 amide bonds. The number of thioether (sulfide) groups is 1. The Labute approximate surface area is 121 Å². The van der Waals surface area contributed by atoms with Crippen LogP contribution in [0, 0.1) is 17.1 Å². The van der Waals surface area contributed by atoms with Crippen molar-refractivity contribution in [2.24, 2.45) is 0 Å². The maximum absolute atomic E-state index is 13.7. The van der Waals surface area contributed by atoms with Crippen LogP contribution >= 0.6 is 11.8 Å². The lowest BCUT2D eigenvalue weighted by atomic mass is 10.1. The molecule has 1 fully saturated rings. The van der Waals surface area contributed by atoms with Crippen LogP contribution in [0.3, 0.4) is 0 Å². The van der Waals surface area contributed by atoms with Gasteiger partial charge in [-0.2, -0.15) is 17.0 Å². The van der Waals surface area contributed by atoms with E-state index in [1.54, 1.807) is 18.8 Å². The van der Waals surface area contributed by atoms with Gasteiger partial charge in [0.05, 0.1) is 17.7 Å². The molecule has 0 aliphatic carbocycles. The van der Waals surface area contributed by atoms with Crippen LogP contribution in [0.1, 0.15) is 11.1 Å². The fourth-order valence-corrected chi connectivity index (χ4v) is 3.01. The molecule has 1 aliphatic heterocycles. The molecule has 1 aromatic rings. The third-order valence-electron chi connectivity index (χ3n) is 3.18. The van der Waals surface area contributed by atoms with Crippen LogP contribution < -0.4 is 5.32 Å². The van der Waals surface area contributed by atoms with Crippen molar-refractivity contribution in [2.45, 2.75) is 12.6 Å². The number of hydrogen-bond acceptors (Lipinski definition) is 4. The van der Waals surface area contributed by atoms with Gasteiger partial charge in [0, 0.05) is 37.2 Å². The minimum absolute atomic E-state index is 0.0426. The van der Waals surface area contributed by atoms with Gasteiger partial charge < -0.3 is 10.2 Å². The quantitative estimate of drug-likeness (QED) is 0.914. The third kappa shape index (κ3) is 3.50. The first-order valence-corrected chi connectivity index (χ1v) is 7.52. The molecule has 1 aromatic carbocycles. The lowest BCUT2D eigenvalue weighted by Gasteiger charge is -2.27. The van der Waals surface area contributed by atoms with Crippen molar-refractivity contribution < 1.29 is 9.18 Å². The molecule has 1 atom stereocenters. The molecular formula is C14H16FN3OS. The van der Waals surface area contributed by atoms with Crippen molar-refractivity contribution in [3.63, 3.8) is 0 Å². The Morgan fingerprint density at radius 1 is 1.65 bits per heavy atom. The summed E-state index contributed by atoms with van der Waals surface area (Å²) < 4.78 is 13.7. The highest BCUT2D eigenvalue weighted by molar-refractivity contribution is 7.99. The Morgan fingerprint density at radius 2 is 2.45 bits per heavy atom. The normalized spacial score (nSPS) is 18.4. The molecule has 106 valence electrons. The van der Waals surface area contributed by atoms with E-state index in [0.717, 1.165) is 18.1 Å². The molecule has 0 aromatic heterocycles. The van der Waals surface area contributed by atoms with Gasteiger partial charge in [-0.25, -0.2) is 4.39 Å². The average Bonchev–Trinajstić information content (AvgIpc) is 2.49. The molecule has 1 unspecified atom stereocenters. The zero-order chi connectivity index (χ0) is 14.5. The van der Waals surface area contributed by atoms with Crippen LogP contribution in [0.25, 0.3) is 0 Å². The minimum Gasteiger partial charge on any atom is -0.340 e. The standard InChI is InChI=1S/C14H16FN3OS/c1-18(14(19)13-9-20-5-4-17-13)8-11-6-10(7-16)2-3-12(11)15/h2-3,6,13,17H,4-5,8-9H2,1H3. The van der Waals surface area contributed by atoms with Gasteiger partial charge in [0.15, 0.2) is 0 Å². The van der Waals surface area contributed by atoms with Crippen molar-refractivity contribution in [3.8, 4) is 6.07 Å². The van der Waals surface area contributed by atoms with Crippen molar-refractivity contribution in [1.82, 2.24) is 10.2 Å². The summed E-state index contributed by atoms with van der Waals surface area (Å²) in [4.78, 5) is 13.7. The molecular weight excluding hydrogens is 277 g/mol. The van der Waals surface area contributed by atoms with Gasteiger partial charge >= 0.3 is 0 Å². The maximum atomic E-state index is 13.7. The van der Waals surface area contributed by atoms with Gasteiger partial charge in [0.1, 0.15) is 5.82 Å². The molecule has 0 radical (unpaired) electrons. The summed E-state index contributed by atoms with van der Waals surface area (Å²) in [6.45, 7) is 0.982. The van der Waals surface area contributed by atoms with E-state index in [4.69, 9.17) is 5.26 Å². The van der Waals surface area contributed by atoms with Gasteiger partial charge in [0.2, 0.25) is 5.91 Å². The Bertz CT molecular complexity index is 538. The Hall–Kier alpha value is -1.58. The number of nitrogens with zero attached hydrogens (tertiary/aromatic N) is 2. The SMILES string of the molecule is CN(Cc1cc(C#N)ccc1F)C(=O)C1CSCCN1. The first kappa shape index (κ1) is 14.8. The molecule has 1 heterocycles. The Morgan fingerprint density at radius 3 is 3.10 bits per heavy atom. The van der Waals surface area contributed by atoms with E-state index in [-0.39, 0.29) is 18.5 Å². The van der Waals surface area contributed by atoms with Crippen LogP contribution in [0.2, 0.25) is 0 Å². The summed E-state index contributed by atoms with van der Waals surface area (Å²) in [5.74, 6) is 1.31. The number of nitriles is 1. The summed E-state index contributed by atoms with van der Waals surface area (Å²) in [5, 5.41) is 12.0. The predicted molar refractivity (Wildman–Crippen MR) is 76.7 cm³/mol. The highest BCUT2D eigenvalue weighted by atomic mass is 32.2. The number of carbonyl (C=O) groups excluding carboxylic acids is 1. The second-order valence-electron chi connectivity index (χ2n) is 4.69. The highest BCUT2D eigenvalue weighted by Gasteiger charge is 2.24. The second-order valence-corrected chi connectivity index (χ2v) is 5.84. The molecule has 0 saturated carbocycles. The van der Waals surface area contributed by atoms with Crippen molar-refractivity contribution in [3.05, 3.63) is 35.1 Å². The first-order chi connectivity index (χ1) is 9.61.